The second-order valence-electron chi connectivity index (χ2n) is 7.94. The number of hydrogen-bond acceptors (Lipinski definition) is 3. The van der Waals surface area contributed by atoms with Crippen molar-refractivity contribution in [2.75, 3.05) is 11.9 Å². The molecule has 0 aliphatic carbocycles. The third-order valence-corrected chi connectivity index (χ3v) is 5.71. The average Bonchev–Trinajstić information content (AvgIpc) is 2.80. The van der Waals surface area contributed by atoms with Gasteiger partial charge in [0.1, 0.15) is 11.6 Å². The number of hydrogen-bond donors (Lipinski definition) is 1. The molecular formula is C25H31FN4O2. The lowest BCUT2D eigenvalue weighted by Gasteiger charge is -2.32. The fourth-order valence-corrected chi connectivity index (χ4v) is 3.93. The van der Waals surface area contributed by atoms with Crippen molar-refractivity contribution in [1.82, 2.24) is 14.5 Å². The summed E-state index contributed by atoms with van der Waals surface area (Å²) in [6.45, 7) is 4.58. The van der Waals surface area contributed by atoms with Crippen molar-refractivity contribution in [3.05, 3.63) is 70.5 Å². The second kappa shape index (κ2) is 10.9. The summed E-state index contributed by atoms with van der Waals surface area (Å²) in [6.07, 6.45) is 4.53. The van der Waals surface area contributed by atoms with Gasteiger partial charge in [0, 0.05) is 13.6 Å². The van der Waals surface area contributed by atoms with Crippen LogP contribution in [-0.4, -0.2) is 27.0 Å². The highest BCUT2D eigenvalue weighted by molar-refractivity contribution is 5.89. The minimum atomic E-state index is -0.490. The molecule has 2 aromatic carbocycles. The van der Waals surface area contributed by atoms with Crippen LogP contribution in [0.25, 0.3) is 10.9 Å². The van der Waals surface area contributed by atoms with Crippen LogP contribution in [0.15, 0.2) is 53.3 Å². The molecule has 0 spiro atoms. The van der Waals surface area contributed by atoms with Gasteiger partial charge in [0.25, 0.3) is 5.56 Å². The van der Waals surface area contributed by atoms with Gasteiger partial charge in [0.2, 0.25) is 0 Å². The Hall–Kier alpha value is -3.22. The van der Waals surface area contributed by atoms with Gasteiger partial charge in [-0.15, -0.1) is 0 Å². The number of carbonyl (C=O) groups is 1. The summed E-state index contributed by atoms with van der Waals surface area (Å²) in [5.41, 5.74) is 0.584. The number of rotatable bonds is 9. The van der Waals surface area contributed by atoms with Crippen LogP contribution in [0.4, 0.5) is 14.9 Å². The first-order valence-corrected chi connectivity index (χ1v) is 11.3. The van der Waals surface area contributed by atoms with E-state index in [2.05, 4.69) is 12.2 Å². The number of aromatic nitrogens is 2. The number of halogens is 1. The van der Waals surface area contributed by atoms with Crippen LogP contribution >= 0.6 is 0 Å². The largest absolute Gasteiger partial charge is 0.322 e. The van der Waals surface area contributed by atoms with Gasteiger partial charge in [-0.3, -0.25) is 9.36 Å². The minimum absolute atomic E-state index is 0.131. The summed E-state index contributed by atoms with van der Waals surface area (Å²) in [7, 11) is 1.68. The van der Waals surface area contributed by atoms with Gasteiger partial charge in [-0.1, -0.05) is 57.4 Å². The molecule has 1 unspecified atom stereocenters. The predicted octanol–water partition coefficient (Wildman–Crippen LogP) is 5.64. The fourth-order valence-electron chi connectivity index (χ4n) is 3.93. The summed E-state index contributed by atoms with van der Waals surface area (Å²) in [5.74, 6) is 0.0337. The Labute approximate surface area is 188 Å². The monoisotopic (exact) mass is 438 g/mol. The van der Waals surface area contributed by atoms with Crippen molar-refractivity contribution < 1.29 is 9.18 Å². The maximum absolute atomic E-state index is 14.2. The molecule has 1 heterocycles. The number of unbranched alkanes of at least 4 members (excludes halogenated alkanes) is 3. The molecule has 1 aromatic heterocycles. The molecule has 1 N–H and O–H groups in total. The maximum atomic E-state index is 14.2. The number of benzene rings is 2. The van der Waals surface area contributed by atoms with E-state index in [9.17, 15) is 14.0 Å². The normalized spacial score (nSPS) is 12.0. The lowest BCUT2D eigenvalue weighted by atomic mass is 10.1. The van der Waals surface area contributed by atoms with E-state index in [0.29, 0.717) is 29.7 Å². The summed E-state index contributed by atoms with van der Waals surface area (Å²) < 4.78 is 15.7. The molecule has 7 heteroatoms. The molecule has 3 aromatic rings. The molecule has 2 amide bonds. The molecule has 0 saturated carbocycles. The Morgan fingerprint density at radius 2 is 1.81 bits per heavy atom. The maximum Gasteiger partial charge on any atom is 0.322 e. The lowest BCUT2D eigenvalue weighted by molar-refractivity contribution is 0.178. The van der Waals surface area contributed by atoms with Gasteiger partial charge in [-0.25, -0.2) is 14.2 Å². The van der Waals surface area contributed by atoms with E-state index in [-0.39, 0.29) is 11.2 Å². The molecule has 6 nitrogen and oxygen atoms in total. The van der Waals surface area contributed by atoms with E-state index in [1.165, 1.54) is 16.7 Å². The summed E-state index contributed by atoms with van der Waals surface area (Å²) in [6, 6.07) is 12.5. The highest BCUT2D eigenvalue weighted by atomic mass is 19.1. The van der Waals surface area contributed by atoms with Crippen LogP contribution in [0.5, 0.6) is 0 Å². The average molecular weight is 439 g/mol. The highest BCUT2D eigenvalue weighted by Crippen LogP contribution is 2.25. The van der Waals surface area contributed by atoms with Crippen LogP contribution in [0.2, 0.25) is 0 Å². The Morgan fingerprint density at radius 3 is 2.53 bits per heavy atom. The molecule has 32 heavy (non-hydrogen) atoms. The number of carbonyl (C=O) groups excluding carboxylic acids is 1. The van der Waals surface area contributed by atoms with Crippen LogP contribution in [-0.2, 0) is 7.05 Å². The number of nitrogens with zero attached hydrogens (tertiary/aromatic N) is 3. The Kier molecular flexibility index (Phi) is 7.98. The fraction of sp³-hybridized carbons (Fsp3) is 0.400. The number of fused-ring (bicyclic) bond motifs is 1. The quantitative estimate of drug-likeness (QED) is 0.440. The molecule has 0 radical (unpaired) electrons. The summed E-state index contributed by atoms with van der Waals surface area (Å²) in [5, 5.41) is 3.24. The van der Waals surface area contributed by atoms with Crippen molar-refractivity contribution in [2.45, 2.75) is 52.0 Å². The molecule has 0 aliphatic rings. The number of nitrogens with one attached hydrogen (secondary N) is 1. The SMILES string of the molecule is CCCCCCN(C(=O)Nc1ccccc1F)C(CC)c1nc2ccccc2c(=O)n1C. The molecular weight excluding hydrogens is 407 g/mol. The van der Waals surface area contributed by atoms with Crippen molar-refractivity contribution >= 4 is 22.6 Å². The van der Waals surface area contributed by atoms with E-state index < -0.39 is 17.9 Å². The zero-order chi connectivity index (χ0) is 23.1. The van der Waals surface area contributed by atoms with Crippen molar-refractivity contribution in [3.63, 3.8) is 0 Å². The molecule has 0 aliphatic heterocycles. The number of para-hydroxylation sites is 2. The van der Waals surface area contributed by atoms with E-state index in [1.807, 2.05) is 19.1 Å². The van der Waals surface area contributed by atoms with Gasteiger partial charge in [-0.05, 0) is 37.1 Å². The first-order chi connectivity index (χ1) is 15.5. The zero-order valence-electron chi connectivity index (χ0n) is 19.0. The molecule has 1 atom stereocenters. The van der Waals surface area contributed by atoms with Gasteiger partial charge in [-0.2, -0.15) is 0 Å². The number of anilines is 1. The Balaban J connectivity index is 1.98. The van der Waals surface area contributed by atoms with Crippen LogP contribution in [0.3, 0.4) is 0 Å². The van der Waals surface area contributed by atoms with E-state index in [1.54, 1.807) is 36.2 Å². The predicted molar refractivity (Wildman–Crippen MR) is 126 cm³/mol. The third kappa shape index (κ3) is 5.15. The van der Waals surface area contributed by atoms with E-state index >= 15 is 0 Å². The smallest absolute Gasteiger partial charge is 0.314 e. The first kappa shape index (κ1) is 23.4. The molecule has 0 saturated heterocycles. The number of amides is 2. The molecule has 3 rings (SSSR count). The van der Waals surface area contributed by atoms with Crippen molar-refractivity contribution in [1.29, 1.82) is 0 Å². The first-order valence-electron chi connectivity index (χ1n) is 11.3. The molecule has 0 fully saturated rings. The van der Waals surface area contributed by atoms with Crippen LogP contribution in [0.1, 0.15) is 57.8 Å². The van der Waals surface area contributed by atoms with Gasteiger partial charge in [0.15, 0.2) is 0 Å². The van der Waals surface area contributed by atoms with Crippen molar-refractivity contribution in [2.24, 2.45) is 7.05 Å². The van der Waals surface area contributed by atoms with Gasteiger partial charge >= 0.3 is 6.03 Å². The highest BCUT2D eigenvalue weighted by Gasteiger charge is 2.28. The van der Waals surface area contributed by atoms with E-state index in [0.717, 1.165) is 25.7 Å². The standard InChI is InChI=1S/C25H31FN4O2/c1-4-6-7-12-17-30(25(32)28-21-16-11-9-14-19(21)26)22(5-2)23-27-20-15-10-8-13-18(20)24(31)29(23)3/h8-11,13-16,22H,4-7,12,17H2,1-3H3,(H,28,32). The van der Waals surface area contributed by atoms with Crippen LogP contribution in [0, 0.1) is 5.82 Å². The van der Waals surface area contributed by atoms with E-state index in [4.69, 9.17) is 4.98 Å². The minimum Gasteiger partial charge on any atom is -0.314 e. The Morgan fingerprint density at radius 1 is 1.09 bits per heavy atom. The van der Waals surface area contributed by atoms with Crippen molar-refractivity contribution in [3.8, 4) is 0 Å². The van der Waals surface area contributed by atoms with Gasteiger partial charge in [0.05, 0.1) is 22.6 Å². The number of urea groups is 1. The molecule has 0 bridgehead atoms. The van der Waals surface area contributed by atoms with Crippen LogP contribution < -0.4 is 10.9 Å². The van der Waals surface area contributed by atoms with Gasteiger partial charge < -0.3 is 10.2 Å². The Bertz CT molecular complexity index is 1130. The second-order valence-corrected chi connectivity index (χ2v) is 7.94. The summed E-state index contributed by atoms with van der Waals surface area (Å²) in [4.78, 5) is 32.7. The molecule has 170 valence electrons. The third-order valence-electron chi connectivity index (χ3n) is 5.71. The zero-order valence-corrected chi connectivity index (χ0v) is 19.0. The topological polar surface area (TPSA) is 67.2 Å². The lowest BCUT2D eigenvalue weighted by Crippen LogP contribution is -2.41. The summed E-state index contributed by atoms with van der Waals surface area (Å²) >= 11 is 0.